The van der Waals surface area contributed by atoms with Crippen LogP contribution >= 0.6 is 22.9 Å². The zero-order chi connectivity index (χ0) is 14.8. The van der Waals surface area contributed by atoms with E-state index in [1.165, 1.54) is 0 Å². The molecule has 6 heteroatoms. The molecule has 112 valence electrons. The molecule has 1 aliphatic heterocycles. The smallest absolute Gasteiger partial charge is 0.131 e. The summed E-state index contributed by atoms with van der Waals surface area (Å²) in [5.41, 5.74) is 1.13. The first-order valence-electron chi connectivity index (χ1n) is 7.02. The molecule has 2 atom stereocenters. The molecule has 21 heavy (non-hydrogen) atoms. The van der Waals surface area contributed by atoms with E-state index in [0.29, 0.717) is 6.04 Å². The molecule has 1 fully saturated rings. The highest BCUT2D eigenvalue weighted by molar-refractivity contribution is 7.11. The third-order valence-corrected chi connectivity index (χ3v) is 4.75. The molecule has 0 spiro atoms. The fourth-order valence-electron chi connectivity index (χ4n) is 2.51. The van der Waals surface area contributed by atoms with Gasteiger partial charge in [-0.15, -0.1) is 21.5 Å². The van der Waals surface area contributed by atoms with Crippen LogP contribution in [0.3, 0.4) is 0 Å². The van der Waals surface area contributed by atoms with Crippen LogP contribution in [0.4, 0.5) is 0 Å². The number of morpholine rings is 1. The van der Waals surface area contributed by atoms with Crippen LogP contribution in [-0.2, 0) is 11.3 Å². The minimum absolute atomic E-state index is 0.0638. The predicted molar refractivity (Wildman–Crippen MR) is 84.7 cm³/mol. The first-order valence-corrected chi connectivity index (χ1v) is 8.21. The Morgan fingerprint density at radius 2 is 2.29 bits per heavy atom. The van der Waals surface area contributed by atoms with Crippen molar-refractivity contribution in [2.24, 2.45) is 0 Å². The Morgan fingerprint density at radius 1 is 1.43 bits per heavy atom. The zero-order valence-electron chi connectivity index (χ0n) is 12.1. The first kappa shape index (κ1) is 14.9. The van der Waals surface area contributed by atoms with Gasteiger partial charge < -0.3 is 4.74 Å². The largest absolute Gasteiger partial charge is 0.371 e. The van der Waals surface area contributed by atoms with Gasteiger partial charge in [0.15, 0.2) is 0 Å². The zero-order valence-corrected chi connectivity index (χ0v) is 13.7. The van der Waals surface area contributed by atoms with E-state index in [2.05, 4.69) is 28.1 Å². The van der Waals surface area contributed by atoms with E-state index < -0.39 is 0 Å². The van der Waals surface area contributed by atoms with Crippen LogP contribution in [0.15, 0.2) is 24.3 Å². The molecule has 0 saturated carbocycles. The number of aromatic nitrogens is 2. The molecule has 2 aromatic rings. The summed E-state index contributed by atoms with van der Waals surface area (Å²) in [6.45, 7) is 6.56. The molecule has 3 rings (SSSR count). The monoisotopic (exact) mass is 323 g/mol. The Hall–Kier alpha value is -1.01. The van der Waals surface area contributed by atoms with Gasteiger partial charge in [-0.25, -0.2) is 0 Å². The van der Waals surface area contributed by atoms with Crippen molar-refractivity contribution < 1.29 is 4.74 Å². The molecule has 4 nitrogen and oxygen atoms in total. The van der Waals surface area contributed by atoms with Gasteiger partial charge in [-0.2, -0.15) is 0 Å². The van der Waals surface area contributed by atoms with Crippen LogP contribution in [0.1, 0.15) is 28.6 Å². The molecular weight excluding hydrogens is 306 g/mol. The second-order valence-corrected chi connectivity index (χ2v) is 7.07. The third kappa shape index (κ3) is 3.61. The fraction of sp³-hybridized carbons (Fsp3) is 0.467. The highest BCUT2D eigenvalue weighted by Gasteiger charge is 2.28. The molecule has 0 radical (unpaired) electrons. The number of hydrogen-bond acceptors (Lipinski definition) is 5. The molecular formula is C15H18ClN3OS. The maximum absolute atomic E-state index is 6.08. The lowest BCUT2D eigenvalue weighted by Gasteiger charge is -2.37. The minimum atomic E-state index is 0.0638. The quantitative estimate of drug-likeness (QED) is 0.867. The molecule has 1 aliphatic rings. The summed E-state index contributed by atoms with van der Waals surface area (Å²) in [5.74, 6) is 0. The summed E-state index contributed by atoms with van der Waals surface area (Å²) >= 11 is 7.73. The lowest BCUT2D eigenvalue weighted by atomic mass is 10.1. The standard InChI is InChI=1S/C15H18ClN3OS/c1-10-9-20-14(12-4-3-5-13(16)6-12)7-19(10)8-15-18-17-11(2)21-15/h3-6,10,14H,7-9H2,1-2H3/t10-,14+/m0/s1. The van der Waals surface area contributed by atoms with Crippen molar-refractivity contribution in [1.82, 2.24) is 15.1 Å². The number of nitrogens with zero attached hydrogens (tertiary/aromatic N) is 3. The van der Waals surface area contributed by atoms with Gasteiger partial charge >= 0.3 is 0 Å². The average molecular weight is 324 g/mol. The second kappa shape index (κ2) is 6.40. The second-order valence-electron chi connectivity index (χ2n) is 5.37. The normalized spacial score (nSPS) is 23.4. The number of hydrogen-bond donors (Lipinski definition) is 0. The SMILES string of the molecule is Cc1nnc(CN2C[C@H](c3cccc(Cl)c3)OC[C@@H]2C)s1. The summed E-state index contributed by atoms with van der Waals surface area (Å²) in [6.07, 6.45) is 0.0638. The van der Waals surface area contributed by atoms with Gasteiger partial charge in [-0.05, 0) is 31.5 Å². The fourth-order valence-corrected chi connectivity index (χ4v) is 3.44. The molecule has 0 N–H and O–H groups in total. The molecule has 0 bridgehead atoms. The van der Waals surface area contributed by atoms with E-state index in [9.17, 15) is 0 Å². The van der Waals surface area contributed by atoms with Gasteiger partial charge in [0.25, 0.3) is 0 Å². The van der Waals surface area contributed by atoms with Crippen LogP contribution < -0.4 is 0 Å². The Balaban J connectivity index is 1.72. The van der Waals surface area contributed by atoms with Crippen LogP contribution in [-0.4, -0.2) is 34.3 Å². The van der Waals surface area contributed by atoms with E-state index in [0.717, 1.165) is 40.3 Å². The Morgan fingerprint density at radius 3 is 3.00 bits per heavy atom. The lowest BCUT2D eigenvalue weighted by molar-refractivity contribution is -0.0633. The molecule has 1 saturated heterocycles. The lowest BCUT2D eigenvalue weighted by Crippen LogP contribution is -2.44. The van der Waals surface area contributed by atoms with Crippen molar-refractivity contribution in [3.63, 3.8) is 0 Å². The number of halogens is 1. The third-order valence-electron chi connectivity index (χ3n) is 3.69. The summed E-state index contributed by atoms with van der Waals surface area (Å²) in [4.78, 5) is 2.40. The van der Waals surface area contributed by atoms with Crippen LogP contribution in [0.5, 0.6) is 0 Å². The Kier molecular flexibility index (Phi) is 4.54. The topological polar surface area (TPSA) is 38.2 Å². The Bertz CT molecular complexity index is 618. The molecule has 1 aromatic heterocycles. The van der Waals surface area contributed by atoms with Gasteiger partial charge in [-0.3, -0.25) is 4.90 Å². The number of ether oxygens (including phenoxy) is 1. The van der Waals surface area contributed by atoms with Crippen LogP contribution in [0.25, 0.3) is 0 Å². The highest BCUT2D eigenvalue weighted by Crippen LogP contribution is 2.28. The van der Waals surface area contributed by atoms with E-state index in [-0.39, 0.29) is 6.10 Å². The summed E-state index contributed by atoms with van der Waals surface area (Å²) in [5, 5.41) is 11.1. The van der Waals surface area contributed by atoms with Crippen LogP contribution in [0, 0.1) is 6.92 Å². The van der Waals surface area contributed by atoms with E-state index in [1.54, 1.807) is 11.3 Å². The summed E-state index contributed by atoms with van der Waals surface area (Å²) in [6, 6.07) is 8.29. The van der Waals surface area contributed by atoms with E-state index in [4.69, 9.17) is 16.3 Å². The van der Waals surface area contributed by atoms with Gasteiger partial charge in [0.05, 0.1) is 19.3 Å². The predicted octanol–water partition coefficient (Wildman–Crippen LogP) is 3.46. The van der Waals surface area contributed by atoms with Crippen molar-refractivity contribution in [3.8, 4) is 0 Å². The molecule has 0 aliphatic carbocycles. The highest BCUT2D eigenvalue weighted by atomic mass is 35.5. The molecule has 1 aromatic carbocycles. The van der Waals surface area contributed by atoms with Gasteiger partial charge in [0.1, 0.15) is 10.0 Å². The number of rotatable bonds is 3. The Labute approximate surface area is 133 Å². The van der Waals surface area contributed by atoms with Crippen molar-refractivity contribution in [1.29, 1.82) is 0 Å². The average Bonchev–Trinajstić information content (AvgIpc) is 2.87. The minimum Gasteiger partial charge on any atom is -0.371 e. The van der Waals surface area contributed by atoms with Gasteiger partial charge in [0.2, 0.25) is 0 Å². The maximum Gasteiger partial charge on any atom is 0.131 e. The van der Waals surface area contributed by atoms with E-state index in [1.807, 2.05) is 25.1 Å². The molecule has 0 amide bonds. The van der Waals surface area contributed by atoms with Crippen molar-refractivity contribution >= 4 is 22.9 Å². The van der Waals surface area contributed by atoms with Crippen molar-refractivity contribution in [2.75, 3.05) is 13.2 Å². The molecule has 0 unspecified atom stereocenters. The van der Waals surface area contributed by atoms with Gasteiger partial charge in [0, 0.05) is 17.6 Å². The number of aryl methyl sites for hydroxylation is 1. The summed E-state index contributed by atoms with van der Waals surface area (Å²) < 4.78 is 5.97. The maximum atomic E-state index is 6.08. The number of benzene rings is 1. The van der Waals surface area contributed by atoms with Gasteiger partial charge in [-0.1, -0.05) is 23.7 Å². The van der Waals surface area contributed by atoms with E-state index >= 15 is 0 Å². The van der Waals surface area contributed by atoms with Crippen LogP contribution in [0.2, 0.25) is 5.02 Å². The molecule has 2 heterocycles. The van der Waals surface area contributed by atoms with Crippen molar-refractivity contribution in [2.45, 2.75) is 32.5 Å². The summed E-state index contributed by atoms with van der Waals surface area (Å²) in [7, 11) is 0. The van der Waals surface area contributed by atoms with Crippen molar-refractivity contribution in [3.05, 3.63) is 44.9 Å². The first-order chi connectivity index (χ1) is 10.1.